The maximum absolute atomic E-state index is 4.76. The summed E-state index contributed by atoms with van der Waals surface area (Å²) in [6, 6.07) is 20.8. The molecule has 0 bridgehead atoms. The molecule has 0 saturated carbocycles. The first-order chi connectivity index (χ1) is 9.92. The van der Waals surface area contributed by atoms with Crippen molar-refractivity contribution < 1.29 is 0 Å². The van der Waals surface area contributed by atoms with Gasteiger partial charge in [-0.1, -0.05) is 36.4 Å². The summed E-state index contributed by atoms with van der Waals surface area (Å²) in [5, 5.41) is 1.07. The van der Waals surface area contributed by atoms with Crippen LogP contribution < -0.4 is 0 Å². The number of para-hydroxylation sites is 1. The van der Waals surface area contributed by atoms with Crippen LogP contribution in [0.15, 0.2) is 66.9 Å². The second kappa shape index (κ2) is 4.62. The van der Waals surface area contributed by atoms with Gasteiger partial charge in [-0.2, -0.15) is 0 Å². The lowest BCUT2D eigenvalue weighted by Gasteiger charge is -2.04. The number of nitrogens with one attached hydrogen (secondary N) is 1. The molecule has 2 aromatic heterocycles. The Kier molecular flexibility index (Phi) is 2.64. The number of H-pyrrole nitrogens is 1. The van der Waals surface area contributed by atoms with E-state index in [1.54, 1.807) is 11.3 Å². The minimum absolute atomic E-state index is 1.06. The molecule has 0 amide bonds. The molecule has 0 aliphatic rings. The van der Waals surface area contributed by atoms with E-state index >= 15 is 0 Å². The number of hydrogen-bond acceptors (Lipinski definition) is 2. The Bertz CT molecular complexity index is 826. The van der Waals surface area contributed by atoms with Crippen molar-refractivity contribution in [2.45, 2.75) is 0 Å². The molecule has 2 aromatic carbocycles. The number of rotatable bonds is 2. The standard InChI is InChI=1S/C17H12N2S/c1-2-7-13(12(6-1)14-9-5-11-18-14)17-19-15-8-3-4-10-16(15)20-17/h1-11,18H. The number of aromatic amines is 1. The van der Waals surface area contributed by atoms with Gasteiger partial charge in [0.2, 0.25) is 0 Å². The molecule has 0 fully saturated rings. The fourth-order valence-electron chi connectivity index (χ4n) is 2.39. The zero-order chi connectivity index (χ0) is 13.4. The minimum Gasteiger partial charge on any atom is -0.361 e. The number of benzene rings is 2. The van der Waals surface area contributed by atoms with Crippen molar-refractivity contribution in [3.05, 3.63) is 66.9 Å². The Balaban J connectivity index is 1.94. The van der Waals surface area contributed by atoms with Gasteiger partial charge < -0.3 is 4.98 Å². The molecule has 20 heavy (non-hydrogen) atoms. The lowest BCUT2D eigenvalue weighted by atomic mass is 10.1. The summed E-state index contributed by atoms with van der Waals surface area (Å²) < 4.78 is 1.23. The summed E-state index contributed by atoms with van der Waals surface area (Å²) in [7, 11) is 0. The summed E-state index contributed by atoms with van der Waals surface area (Å²) in [6.07, 6.45) is 1.95. The Morgan fingerprint density at radius 2 is 1.60 bits per heavy atom. The summed E-state index contributed by atoms with van der Waals surface area (Å²) in [6.45, 7) is 0. The van der Waals surface area contributed by atoms with E-state index in [2.05, 4.69) is 53.5 Å². The van der Waals surface area contributed by atoms with E-state index in [1.165, 1.54) is 15.8 Å². The lowest BCUT2D eigenvalue weighted by molar-refractivity contribution is 1.39. The predicted molar refractivity (Wildman–Crippen MR) is 84.8 cm³/mol. The van der Waals surface area contributed by atoms with Crippen molar-refractivity contribution >= 4 is 21.6 Å². The molecule has 2 nitrogen and oxygen atoms in total. The summed E-state index contributed by atoms with van der Waals surface area (Å²) in [5.74, 6) is 0. The Morgan fingerprint density at radius 3 is 2.40 bits per heavy atom. The van der Waals surface area contributed by atoms with Gasteiger partial charge in [-0.15, -0.1) is 11.3 Å². The molecular weight excluding hydrogens is 264 g/mol. The van der Waals surface area contributed by atoms with Crippen molar-refractivity contribution in [1.82, 2.24) is 9.97 Å². The molecule has 1 N–H and O–H groups in total. The van der Waals surface area contributed by atoms with Crippen molar-refractivity contribution in [2.75, 3.05) is 0 Å². The van der Waals surface area contributed by atoms with E-state index in [1.807, 2.05) is 18.3 Å². The van der Waals surface area contributed by atoms with Gasteiger partial charge in [0.25, 0.3) is 0 Å². The Labute approximate surface area is 120 Å². The largest absolute Gasteiger partial charge is 0.361 e. The first-order valence-electron chi connectivity index (χ1n) is 6.50. The zero-order valence-corrected chi connectivity index (χ0v) is 11.5. The van der Waals surface area contributed by atoms with Crippen LogP contribution in [0.2, 0.25) is 0 Å². The second-order valence-corrected chi connectivity index (χ2v) is 5.65. The fraction of sp³-hybridized carbons (Fsp3) is 0. The SMILES string of the molecule is c1c[nH]c(-c2ccccc2-c2nc3ccccc3s2)c1. The lowest BCUT2D eigenvalue weighted by Crippen LogP contribution is -1.83. The average Bonchev–Trinajstić information content (AvgIpc) is 3.16. The first kappa shape index (κ1) is 11.4. The van der Waals surface area contributed by atoms with Crippen LogP contribution in [0.5, 0.6) is 0 Å². The van der Waals surface area contributed by atoms with Crippen LogP contribution in [0, 0.1) is 0 Å². The number of fused-ring (bicyclic) bond motifs is 1. The number of nitrogens with zero attached hydrogens (tertiary/aromatic N) is 1. The highest BCUT2D eigenvalue weighted by atomic mass is 32.1. The third kappa shape index (κ3) is 1.84. The van der Waals surface area contributed by atoms with Crippen molar-refractivity contribution in [2.24, 2.45) is 0 Å². The molecule has 0 aliphatic carbocycles. The fourth-order valence-corrected chi connectivity index (χ4v) is 3.39. The first-order valence-corrected chi connectivity index (χ1v) is 7.32. The summed E-state index contributed by atoms with van der Waals surface area (Å²) in [4.78, 5) is 8.03. The number of aromatic nitrogens is 2. The van der Waals surface area contributed by atoms with Gasteiger partial charge in [0.15, 0.2) is 0 Å². The van der Waals surface area contributed by atoms with Crippen molar-refractivity contribution in [3.8, 4) is 21.8 Å². The van der Waals surface area contributed by atoms with E-state index < -0.39 is 0 Å². The highest BCUT2D eigenvalue weighted by Crippen LogP contribution is 2.35. The molecule has 2 heterocycles. The van der Waals surface area contributed by atoms with E-state index in [0.717, 1.165) is 16.2 Å². The zero-order valence-electron chi connectivity index (χ0n) is 10.7. The Morgan fingerprint density at radius 1 is 0.800 bits per heavy atom. The number of hydrogen-bond donors (Lipinski definition) is 1. The molecule has 4 aromatic rings. The molecule has 0 spiro atoms. The monoisotopic (exact) mass is 276 g/mol. The van der Waals surface area contributed by atoms with Gasteiger partial charge in [-0.25, -0.2) is 4.98 Å². The van der Waals surface area contributed by atoms with Gasteiger partial charge in [0.1, 0.15) is 5.01 Å². The Hall–Kier alpha value is -2.39. The topological polar surface area (TPSA) is 28.7 Å². The maximum atomic E-state index is 4.76. The molecule has 0 atom stereocenters. The van der Waals surface area contributed by atoms with Crippen LogP contribution in [-0.2, 0) is 0 Å². The van der Waals surface area contributed by atoms with Gasteiger partial charge in [0, 0.05) is 23.0 Å². The molecule has 0 unspecified atom stereocenters. The third-order valence-electron chi connectivity index (χ3n) is 3.34. The van der Waals surface area contributed by atoms with E-state index in [4.69, 9.17) is 4.98 Å². The molecule has 96 valence electrons. The highest BCUT2D eigenvalue weighted by Gasteiger charge is 2.11. The average molecular weight is 276 g/mol. The molecule has 4 rings (SSSR count). The number of thiazole rings is 1. The highest BCUT2D eigenvalue weighted by molar-refractivity contribution is 7.21. The van der Waals surface area contributed by atoms with Crippen molar-refractivity contribution in [3.63, 3.8) is 0 Å². The second-order valence-electron chi connectivity index (χ2n) is 4.62. The van der Waals surface area contributed by atoms with E-state index in [9.17, 15) is 0 Å². The molecular formula is C17H12N2S. The van der Waals surface area contributed by atoms with Gasteiger partial charge in [-0.3, -0.25) is 0 Å². The van der Waals surface area contributed by atoms with Gasteiger partial charge in [-0.05, 0) is 24.3 Å². The van der Waals surface area contributed by atoms with Crippen LogP contribution in [0.3, 0.4) is 0 Å². The van der Waals surface area contributed by atoms with Gasteiger partial charge >= 0.3 is 0 Å². The van der Waals surface area contributed by atoms with E-state index in [0.29, 0.717) is 0 Å². The van der Waals surface area contributed by atoms with Crippen LogP contribution in [-0.4, -0.2) is 9.97 Å². The maximum Gasteiger partial charge on any atom is 0.125 e. The molecule has 0 saturated heterocycles. The molecule has 0 radical (unpaired) electrons. The molecule has 3 heteroatoms. The van der Waals surface area contributed by atoms with Crippen molar-refractivity contribution in [1.29, 1.82) is 0 Å². The van der Waals surface area contributed by atoms with Crippen LogP contribution >= 0.6 is 11.3 Å². The molecule has 0 aliphatic heterocycles. The summed E-state index contributed by atoms with van der Waals surface area (Å²) in [5.41, 5.74) is 4.56. The van der Waals surface area contributed by atoms with Gasteiger partial charge in [0.05, 0.1) is 10.2 Å². The predicted octanol–water partition coefficient (Wildman–Crippen LogP) is 4.96. The van der Waals surface area contributed by atoms with Crippen LogP contribution in [0.4, 0.5) is 0 Å². The normalized spacial score (nSPS) is 11.0. The third-order valence-corrected chi connectivity index (χ3v) is 4.41. The smallest absolute Gasteiger partial charge is 0.125 e. The minimum atomic E-state index is 1.06. The van der Waals surface area contributed by atoms with E-state index in [-0.39, 0.29) is 0 Å². The quantitative estimate of drug-likeness (QED) is 0.551. The van der Waals surface area contributed by atoms with Crippen LogP contribution in [0.1, 0.15) is 0 Å². The van der Waals surface area contributed by atoms with Crippen LogP contribution in [0.25, 0.3) is 32.0 Å². The summed E-state index contributed by atoms with van der Waals surface area (Å²) >= 11 is 1.74.